The number of amides is 5. The maximum absolute atomic E-state index is 14.5. The number of aryl methyl sites for hydroxylation is 1. The lowest BCUT2D eigenvalue weighted by molar-refractivity contribution is -0.151. The van der Waals surface area contributed by atoms with E-state index in [0.29, 0.717) is 69.0 Å². The van der Waals surface area contributed by atoms with Gasteiger partial charge in [0, 0.05) is 26.6 Å². The fourth-order valence-electron chi connectivity index (χ4n) is 6.59. The number of carbonyl (C=O) groups is 5. The van der Waals surface area contributed by atoms with Crippen molar-refractivity contribution in [3.63, 3.8) is 0 Å². The first kappa shape index (κ1) is 33.9. The van der Waals surface area contributed by atoms with Crippen LogP contribution in [0.1, 0.15) is 70.4 Å². The molecule has 3 aromatic carbocycles. The Morgan fingerprint density at radius 2 is 1.43 bits per heavy atom. The summed E-state index contributed by atoms with van der Waals surface area (Å²) in [6.07, 6.45) is 3.87. The number of benzene rings is 3. The molecule has 9 nitrogen and oxygen atoms in total. The minimum atomic E-state index is -1.20. The van der Waals surface area contributed by atoms with Crippen molar-refractivity contribution in [1.82, 2.24) is 20.4 Å². The van der Waals surface area contributed by atoms with Gasteiger partial charge in [0.25, 0.3) is 11.8 Å². The highest BCUT2D eigenvalue weighted by atomic mass is 32.1. The van der Waals surface area contributed by atoms with Crippen LogP contribution in [0.4, 0.5) is 0 Å². The highest BCUT2D eigenvalue weighted by molar-refractivity contribution is 7.81. The quantitative estimate of drug-likeness (QED) is 0.137. The zero-order valence-electron chi connectivity index (χ0n) is 26.7. The Balaban J connectivity index is 1.27. The number of carbonyl (C=O) groups excluding carboxylic acids is 5. The number of hydrogen-bond acceptors (Lipinski definition) is 6. The summed E-state index contributed by atoms with van der Waals surface area (Å²) in [6.45, 7) is 0.667. The molecule has 1 fully saturated rings. The van der Waals surface area contributed by atoms with Crippen LogP contribution in [0.2, 0.25) is 0 Å². The third-order valence-corrected chi connectivity index (χ3v) is 9.70. The van der Waals surface area contributed by atoms with Gasteiger partial charge in [0.2, 0.25) is 17.7 Å². The van der Waals surface area contributed by atoms with Gasteiger partial charge in [-0.25, -0.2) is 0 Å². The average Bonchev–Trinajstić information content (AvgIpc) is 3.34. The first-order chi connectivity index (χ1) is 22.7. The molecule has 2 N–H and O–H groups in total. The number of fused-ring (bicyclic) bond motifs is 1. The van der Waals surface area contributed by atoms with Gasteiger partial charge in [0.15, 0.2) is 0 Å². The zero-order chi connectivity index (χ0) is 33.4. The summed E-state index contributed by atoms with van der Waals surface area (Å²) in [5.74, 6) is -1.46. The molecule has 2 aliphatic rings. The van der Waals surface area contributed by atoms with Crippen LogP contribution < -0.4 is 10.6 Å². The molecule has 1 saturated heterocycles. The largest absolute Gasteiger partial charge is 0.357 e. The van der Waals surface area contributed by atoms with E-state index in [-0.39, 0.29) is 36.1 Å². The second-order valence-corrected chi connectivity index (χ2v) is 12.9. The fraction of sp³-hybridized carbons (Fsp3) is 0.378. The fourth-order valence-corrected chi connectivity index (χ4v) is 6.84. The number of thiol groups is 1. The van der Waals surface area contributed by atoms with E-state index in [1.54, 1.807) is 36.2 Å². The summed E-state index contributed by atoms with van der Waals surface area (Å²) >= 11 is 4.62. The van der Waals surface area contributed by atoms with Crippen LogP contribution in [0, 0.1) is 0 Å². The predicted molar refractivity (Wildman–Crippen MR) is 183 cm³/mol. The standard InChI is InChI=1S/C37H42N4O5S/c1-38-32(42)30(25-27-15-6-3-7-16-27)40-24-12-21-37(36(40)46,22-20-26-13-4-2-5-14-26)39-33(43)31(47)19-10-11-23-41-34(44)28-17-8-9-18-29(28)35(41)45/h2-9,13-18,30-31,47H,10-12,19-25H2,1H3,(H,38,42)(H,39,43)/t30-,31-,37?/m0/s1. The van der Waals surface area contributed by atoms with Crippen molar-refractivity contribution >= 4 is 42.2 Å². The number of hydrogen-bond donors (Lipinski definition) is 3. The zero-order valence-corrected chi connectivity index (χ0v) is 27.6. The molecule has 0 aromatic heterocycles. The van der Waals surface area contributed by atoms with Gasteiger partial charge >= 0.3 is 0 Å². The highest BCUT2D eigenvalue weighted by Crippen LogP contribution is 2.31. The van der Waals surface area contributed by atoms with E-state index < -0.39 is 16.8 Å². The SMILES string of the molecule is CNC(=O)[C@H](Cc1ccccc1)N1CCCC(CCc2ccccc2)(NC(=O)[C@@H](S)CCCCN2C(=O)c3ccccc3C2=O)C1=O. The van der Waals surface area contributed by atoms with Crippen LogP contribution in [0.25, 0.3) is 0 Å². The Bertz CT molecular complexity index is 1570. The van der Waals surface area contributed by atoms with Gasteiger partial charge in [-0.2, -0.15) is 12.6 Å². The molecular weight excluding hydrogens is 612 g/mol. The molecule has 0 radical (unpaired) electrons. The molecule has 2 heterocycles. The Kier molecular flexibility index (Phi) is 11.1. The summed E-state index contributed by atoms with van der Waals surface area (Å²) in [5, 5.41) is 5.14. The summed E-state index contributed by atoms with van der Waals surface area (Å²) in [4.78, 5) is 69.6. The summed E-state index contributed by atoms with van der Waals surface area (Å²) in [7, 11) is 1.57. The molecule has 0 saturated carbocycles. The second kappa shape index (κ2) is 15.4. The van der Waals surface area contributed by atoms with E-state index in [1.165, 1.54) is 4.90 Å². The Labute approximate surface area is 281 Å². The van der Waals surface area contributed by atoms with E-state index >= 15 is 0 Å². The van der Waals surface area contributed by atoms with Crippen molar-refractivity contribution in [3.8, 4) is 0 Å². The van der Waals surface area contributed by atoms with Gasteiger partial charge in [-0.15, -0.1) is 0 Å². The topological polar surface area (TPSA) is 116 Å². The summed E-state index contributed by atoms with van der Waals surface area (Å²) < 4.78 is 0. The Morgan fingerprint density at radius 1 is 0.830 bits per heavy atom. The van der Waals surface area contributed by atoms with Crippen molar-refractivity contribution in [2.24, 2.45) is 0 Å². The van der Waals surface area contributed by atoms with Crippen LogP contribution >= 0.6 is 12.6 Å². The molecule has 3 aromatic rings. The molecule has 0 bridgehead atoms. The first-order valence-electron chi connectivity index (χ1n) is 16.3. The van der Waals surface area contributed by atoms with Gasteiger partial charge < -0.3 is 15.5 Å². The van der Waals surface area contributed by atoms with E-state index in [2.05, 4.69) is 23.3 Å². The number of likely N-dealkylation sites (N-methyl/N-ethyl adjacent to an activating group) is 1. The lowest BCUT2D eigenvalue weighted by Crippen LogP contribution is -2.67. The lowest BCUT2D eigenvalue weighted by atomic mass is 9.81. The molecule has 246 valence electrons. The minimum Gasteiger partial charge on any atom is -0.357 e. The Morgan fingerprint density at radius 3 is 2.04 bits per heavy atom. The first-order valence-corrected chi connectivity index (χ1v) is 16.8. The van der Waals surface area contributed by atoms with E-state index in [0.717, 1.165) is 11.1 Å². The minimum absolute atomic E-state index is 0.252. The van der Waals surface area contributed by atoms with Crippen LogP contribution in [0.5, 0.6) is 0 Å². The number of unbranched alkanes of at least 4 members (excludes halogenated alkanes) is 1. The molecule has 5 rings (SSSR count). The molecule has 47 heavy (non-hydrogen) atoms. The monoisotopic (exact) mass is 654 g/mol. The molecule has 3 atom stereocenters. The van der Waals surface area contributed by atoms with Crippen LogP contribution in [-0.2, 0) is 27.2 Å². The number of imide groups is 1. The number of piperidine rings is 1. The van der Waals surface area contributed by atoms with Gasteiger partial charge in [0.05, 0.1) is 16.4 Å². The molecule has 5 amide bonds. The van der Waals surface area contributed by atoms with E-state index in [4.69, 9.17) is 0 Å². The predicted octanol–water partition coefficient (Wildman–Crippen LogP) is 4.22. The smallest absolute Gasteiger partial charge is 0.261 e. The molecule has 2 aliphatic heterocycles. The van der Waals surface area contributed by atoms with Crippen molar-refractivity contribution in [1.29, 1.82) is 0 Å². The van der Waals surface area contributed by atoms with Crippen molar-refractivity contribution in [3.05, 3.63) is 107 Å². The average molecular weight is 655 g/mol. The van der Waals surface area contributed by atoms with Crippen LogP contribution in [0.3, 0.4) is 0 Å². The van der Waals surface area contributed by atoms with Crippen LogP contribution in [-0.4, -0.2) is 76.3 Å². The van der Waals surface area contributed by atoms with Crippen molar-refractivity contribution in [2.45, 2.75) is 68.2 Å². The molecule has 10 heteroatoms. The third-order valence-electron chi connectivity index (χ3n) is 9.21. The number of likely N-dealkylation sites (tertiary alicyclic amines) is 1. The molecule has 0 aliphatic carbocycles. The molecule has 1 unspecified atom stereocenters. The summed E-state index contributed by atoms with van der Waals surface area (Å²) in [6, 6.07) is 25.5. The third kappa shape index (κ3) is 7.76. The van der Waals surface area contributed by atoms with E-state index in [1.807, 2.05) is 60.7 Å². The molecule has 0 spiro atoms. The second-order valence-electron chi connectivity index (χ2n) is 12.3. The van der Waals surface area contributed by atoms with Crippen molar-refractivity contribution < 1.29 is 24.0 Å². The van der Waals surface area contributed by atoms with Gasteiger partial charge in [-0.1, -0.05) is 79.2 Å². The normalized spacial score (nSPS) is 18.9. The number of rotatable bonds is 14. The van der Waals surface area contributed by atoms with Gasteiger partial charge in [-0.3, -0.25) is 28.9 Å². The van der Waals surface area contributed by atoms with Gasteiger partial charge in [-0.05, 0) is 61.8 Å². The van der Waals surface area contributed by atoms with Crippen molar-refractivity contribution in [2.75, 3.05) is 20.1 Å². The highest BCUT2D eigenvalue weighted by Gasteiger charge is 2.48. The number of nitrogens with zero attached hydrogens (tertiary/aromatic N) is 2. The summed E-state index contributed by atoms with van der Waals surface area (Å²) in [5.41, 5.74) is 1.62. The maximum Gasteiger partial charge on any atom is 0.261 e. The van der Waals surface area contributed by atoms with Crippen LogP contribution in [0.15, 0.2) is 84.9 Å². The lowest BCUT2D eigenvalue weighted by Gasteiger charge is -2.45. The number of nitrogens with one attached hydrogen (secondary N) is 2. The van der Waals surface area contributed by atoms with Gasteiger partial charge in [0.1, 0.15) is 11.6 Å². The Hall–Kier alpha value is -4.44. The maximum atomic E-state index is 14.5. The van der Waals surface area contributed by atoms with E-state index in [9.17, 15) is 24.0 Å². The molecular formula is C37H42N4O5S.